The number of phosphoric acid groups is 3. The van der Waals surface area contributed by atoms with Gasteiger partial charge >= 0.3 is 23.5 Å². The van der Waals surface area contributed by atoms with E-state index in [4.69, 9.17) is 36.6 Å². The second kappa shape index (κ2) is 10.4. The van der Waals surface area contributed by atoms with Gasteiger partial charge in [-0.1, -0.05) is 0 Å². The van der Waals surface area contributed by atoms with Crippen molar-refractivity contribution in [2.24, 2.45) is 0 Å². The molecule has 0 saturated carbocycles. The van der Waals surface area contributed by atoms with Crippen molar-refractivity contribution < 1.29 is 55.9 Å². The predicted molar refractivity (Wildman–Crippen MR) is 114 cm³/mol. The molecular formula is C13H21ClN5O12P3. The number of fused-ring (bicyclic) bond motifs is 1. The molecule has 34 heavy (non-hydrogen) atoms. The zero-order chi connectivity index (χ0) is 25.3. The van der Waals surface area contributed by atoms with Crippen LogP contribution in [0.25, 0.3) is 11.2 Å². The quantitative estimate of drug-likeness (QED) is 0.187. The Morgan fingerprint density at radius 3 is 2.56 bits per heavy atom. The van der Waals surface area contributed by atoms with Crippen LogP contribution in [0.3, 0.4) is 0 Å². The first-order valence-corrected chi connectivity index (χ1v) is 14.3. The molecule has 3 heterocycles. The van der Waals surface area contributed by atoms with Crippen LogP contribution in [0.5, 0.6) is 5.88 Å². The molecule has 6 N–H and O–H groups in total. The fraction of sp³-hybridized carbons (Fsp3) is 0.615. The number of aromatic nitrogens is 4. The smallest absolute Gasteiger partial charge is 0.476 e. The summed E-state index contributed by atoms with van der Waals surface area (Å²) in [6, 6.07) is 0. The molecule has 0 bridgehead atoms. The van der Waals surface area contributed by atoms with Gasteiger partial charge in [-0.15, -0.1) is 11.6 Å². The number of nitrogen functional groups attached to an aromatic ring is 1. The van der Waals surface area contributed by atoms with E-state index in [1.54, 1.807) is 11.5 Å². The van der Waals surface area contributed by atoms with Crippen LogP contribution in [0.15, 0.2) is 6.33 Å². The van der Waals surface area contributed by atoms with Gasteiger partial charge in [-0.25, -0.2) is 18.7 Å². The van der Waals surface area contributed by atoms with Gasteiger partial charge in [0.05, 0.1) is 43.7 Å². The summed E-state index contributed by atoms with van der Waals surface area (Å²) in [7, 11) is -16.4. The molecule has 2 unspecified atom stereocenters. The van der Waals surface area contributed by atoms with Crippen LogP contribution in [0.4, 0.5) is 5.95 Å². The SMILES string of the molecule is CCOc1nc(N)nc2c1ncn2C[C@@H]1O[C@H](COP(=O)(O)OP(=O)(O)OP(=O)(O)O)C[C@@H]1Cl. The molecule has 17 nitrogen and oxygen atoms in total. The number of phosphoric ester groups is 1. The Morgan fingerprint density at radius 1 is 1.21 bits per heavy atom. The van der Waals surface area contributed by atoms with Gasteiger partial charge in [-0.3, -0.25) is 4.52 Å². The summed E-state index contributed by atoms with van der Waals surface area (Å²) in [5, 5.41) is -0.572. The minimum Gasteiger partial charge on any atom is -0.476 e. The lowest BCUT2D eigenvalue weighted by Crippen LogP contribution is -2.24. The first kappa shape index (κ1) is 27.4. The molecule has 0 aliphatic carbocycles. The summed E-state index contributed by atoms with van der Waals surface area (Å²) in [5.41, 5.74) is 6.48. The van der Waals surface area contributed by atoms with Crippen molar-refractivity contribution in [3.05, 3.63) is 6.33 Å². The van der Waals surface area contributed by atoms with Crippen LogP contribution in [0, 0.1) is 0 Å². The van der Waals surface area contributed by atoms with Crippen LogP contribution in [-0.2, 0) is 38.1 Å². The summed E-state index contributed by atoms with van der Waals surface area (Å²) >= 11 is 6.33. The second-order valence-corrected chi connectivity index (χ2v) is 11.8. The first-order chi connectivity index (χ1) is 15.7. The lowest BCUT2D eigenvalue weighted by atomic mass is 10.2. The van der Waals surface area contributed by atoms with E-state index in [2.05, 4.69) is 28.1 Å². The Hall–Kier alpha value is -1.19. The average molecular weight is 568 g/mol. The number of ether oxygens (including phenoxy) is 2. The normalized spacial score (nSPS) is 24.7. The van der Waals surface area contributed by atoms with Crippen molar-refractivity contribution in [3.8, 4) is 5.88 Å². The van der Waals surface area contributed by atoms with Crippen LogP contribution < -0.4 is 10.5 Å². The van der Waals surface area contributed by atoms with Crippen LogP contribution in [-0.4, -0.2) is 69.9 Å². The van der Waals surface area contributed by atoms with E-state index in [1.807, 2.05) is 0 Å². The Balaban J connectivity index is 1.61. The highest BCUT2D eigenvalue weighted by atomic mass is 35.5. The highest BCUT2D eigenvalue weighted by Gasteiger charge is 2.42. The van der Waals surface area contributed by atoms with E-state index in [1.165, 1.54) is 6.33 Å². The minimum atomic E-state index is -5.61. The van der Waals surface area contributed by atoms with Gasteiger partial charge in [-0.05, 0) is 13.3 Å². The lowest BCUT2D eigenvalue weighted by Gasteiger charge is -2.18. The number of anilines is 1. The molecule has 5 atom stereocenters. The van der Waals surface area contributed by atoms with E-state index < -0.39 is 47.7 Å². The van der Waals surface area contributed by atoms with E-state index >= 15 is 0 Å². The molecule has 21 heteroatoms. The third kappa shape index (κ3) is 7.40. The molecule has 1 saturated heterocycles. The zero-order valence-corrected chi connectivity index (χ0v) is 20.7. The Bertz CT molecular complexity index is 1180. The number of imidazole rings is 1. The molecule has 1 aliphatic rings. The van der Waals surface area contributed by atoms with Crippen molar-refractivity contribution in [2.75, 3.05) is 18.9 Å². The molecule has 1 aliphatic heterocycles. The number of nitrogens with zero attached hydrogens (tertiary/aromatic N) is 4. The largest absolute Gasteiger partial charge is 0.490 e. The Kier molecular flexibility index (Phi) is 8.40. The molecule has 0 spiro atoms. The number of nitrogens with two attached hydrogens (primary N) is 1. The van der Waals surface area contributed by atoms with Crippen molar-refractivity contribution in [2.45, 2.75) is 37.5 Å². The summed E-state index contributed by atoms with van der Waals surface area (Å²) in [4.78, 5) is 48.2. The fourth-order valence-corrected chi connectivity index (χ4v) is 6.42. The first-order valence-electron chi connectivity index (χ1n) is 9.37. The highest BCUT2D eigenvalue weighted by Crippen LogP contribution is 2.66. The molecule has 2 aromatic heterocycles. The average Bonchev–Trinajstić information content (AvgIpc) is 3.21. The zero-order valence-electron chi connectivity index (χ0n) is 17.3. The van der Waals surface area contributed by atoms with Crippen LogP contribution >= 0.6 is 35.1 Å². The summed E-state index contributed by atoms with van der Waals surface area (Å²) in [6.45, 7) is 1.68. The predicted octanol–water partition coefficient (Wildman–Crippen LogP) is 0.915. The molecule has 192 valence electrons. The van der Waals surface area contributed by atoms with E-state index in [0.717, 1.165) is 0 Å². The lowest BCUT2D eigenvalue weighted by molar-refractivity contribution is 0.00520. The molecular weight excluding hydrogens is 547 g/mol. The topological polar surface area (TPSA) is 248 Å². The van der Waals surface area contributed by atoms with E-state index in [-0.39, 0.29) is 24.8 Å². The highest BCUT2D eigenvalue weighted by molar-refractivity contribution is 7.66. The molecule has 0 aromatic carbocycles. The number of alkyl halides is 1. The third-order valence-corrected chi connectivity index (χ3v) is 8.47. The van der Waals surface area contributed by atoms with E-state index in [9.17, 15) is 23.5 Å². The van der Waals surface area contributed by atoms with Gasteiger partial charge in [0, 0.05) is 0 Å². The standard InChI is InChI=1S/C13H21ClN5O12P3/c1-2-27-12-10-11(17-13(15)18-12)19(6-16-10)4-9-8(14)3-7(29-9)5-28-33(23,24)31-34(25,26)30-32(20,21)22/h6-9H,2-5H2,1H3,(H,23,24)(H,25,26)(H2,15,17,18)(H2,20,21,22)/t7-,8-,9-/m0/s1. The van der Waals surface area contributed by atoms with Crippen molar-refractivity contribution >= 4 is 52.2 Å². The van der Waals surface area contributed by atoms with Gasteiger partial charge in [0.1, 0.15) is 0 Å². The third-order valence-electron chi connectivity index (χ3n) is 4.21. The Labute approximate surface area is 196 Å². The van der Waals surface area contributed by atoms with Crippen molar-refractivity contribution in [3.63, 3.8) is 0 Å². The Morgan fingerprint density at radius 2 is 1.91 bits per heavy atom. The van der Waals surface area contributed by atoms with Crippen molar-refractivity contribution in [1.82, 2.24) is 19.5 Å². The molecule has 0 radical (unpaired) electrons. The minimum absolute atomic E-state index is 0.0265. The number of hydrogen-bond acceptors (Lipinski definition) is 12. The van der Waals surface area contributed by atoms with Gasteiger partial charge in [-0.2, -0.15) is 18.6 Å². The number of hydrogen-bond donors (Lipinski definition) is 5. The maximum atomic E-state index is 11.9. The summed E-state index contributed by atoms with van der Waals surface area (Å²) in [6.07, 6.45) is 0.176. The van der Waals surface area contributed by atoms with Crippen molar-refractivity contribution in [1.29, 1.82) is 0 Å². The van der Waals surface area contributed by atoms with Gasteiger partial charge < -0.3 is 39.3 Å². The second-order valence-electron chi connectivity index (χ2n) is 6.82. The van der Waals surface area contributed by atoms with E-state index in [0.29, 0.717) is 17.8 Å². The molecule has 1 fully saturated rings. The number of halogens is 1. The number of rotatable bonds is 11. The maximum absolute atomic E-state index is 11.9. The van der Waals surface area contributed by atoms with Crippen LogP contribution in [0.2, 0.25) is 0 Å². The monoisotopic (exact) mass is 567 g/mol. The molecule has 3 rings (SSSR count). The van der Waals surface area contributed by atoms with Crippen LogP contribution in [0.1, 0.15) is 13.3 Å². The van der Waals surface area contributed by atoms with Gasteiger partial charge in [0.25, 0.3) is 0 Å². The molecule has 0 amide bonds. The fourth-order valence-electron chi connectivity index (χ4n) is 3.04. The van der Waals surface area contributed by atoms with Gasteiger partial charge in [0.15, 0.2) is 11.2 Å². The molecule has 2 aromatic rings. The maximum Gasteiger partial charge on any atom is 0.490 e. The summed E-state index contributed by atoms with van der Waals surface area (Å²) in [5.74, 6) is 0.189. The summed E-state index contributed by atoms with van der Waals surface area (Å²) < 4.78 is 58.6. The van der Waals surface area contributed by atoms with Gasteiger partial charge in [0.2, 0.25) is 11.8 Å².